The van der Waals surface area contributed by atoms with Crippen LogP contribution in [0.5, 0.6) is 5.75 Å². The van der Waals surface area contributed by atoms with Crippen molar-refractivity contribution < 1.29 is 27.4 Å². The third kappa shape index (κ3) is 7.23. The molecule has 186 valence electrons. The fourth-order valence-electron chi connectivity index (χ4n) is 3.68. The summed E-state index contributed by atoms with van der Waals surface area (Å²) < 4.78 is 50.4. The minimum Gasteiger partial charge on any atom is -0.490 e. The number of nitrogens with one attached hydrogen (secondary N) is 2. The van der Waals surface area contributed by atoms with Gasteiger partial charge in [0.2, 0.25) is 5.95 Å². The number of anilines is 2. The van der Waals surface area contributed by atoms with Crippen LogP contribution in [0, 0.1) is 0 Å². The molecule has 3 rings (SSSR count). The molecule has 0 fully saturated rings. The van der Waals surface area contributed by atoms with Crippen molar-refractivity contribution in [2.45, 2.75) is 70.6 Å². The van der Waals surface area contributed by atoms with Crippen LogP contribution in [0.1, 0.15) is 69.5 Å². The molecule has 1 aliphatic rings. The standard InChI is InChI=1S/C24H31F3N4O3/c1-3-5-10-34-22(32)7-6-11-33-18-14-28-23(29-15-18)31-21-13-17(4-2)30-20-9-8-16(12-19(20)21)24(25,26)27/h8-9,12,14-15,17,21,30H,3-7,10-11,13H2,1-2H3,(H,28,29,31). The number of nitrogens with zero attached hydrogens (tertiary/aromatic N) is 2. The van der Waals surface area contributed by atoms with Crippen molar-refractivity contribution in [1.29, 1.82) is 0 Å². The van der Waals surface area contributed by atoms with Gasteiger partial charge in [0, 0.05) is 18.2 Å². The molecule has 1 aromatic heterocycles. The van der Waals surface area contributed by atoms with Gasteiger partial charge in [-0.3, -0.25) is 4.79 Å². The lowest BCUT2D eigenvalue weighted by Gasteiger charge is -2.33. The van der Waals surface area contributed by atoms with Crippen LogP contribution in [0.4, 0.5) is 24.8 Å². The monoisotopic (exact) mass is 480 g/mol. The van der Waals surface area contributed by atoms with Gasteiger partial charge in [-0.15, -0.1) is 0 Å². The first-order valence-electron chi connectivity index (χ1n) is 11.6. The summed E-state index contributed by atoms with van der Waals surface area (Å²) in [6, 6.07) is 3.50. The number of unbranched alkanes of at least 4 members (excludes halogenated alkanes) is 1. The molecule has 2 atom stereocenters. The highest BCUT2D eigenvalue weighted by Gasteiger charge is 2.34. The second kappa shape index (κ2) is 11.9. The van der Waals surface area contributed by atoms with Crippen LogP contribution < -0.4 is 15.4 Å². The van der Waals surface area contributed by atoms with Crippen molar-refractivity contribution in [3.05, 3.63) is 41.7 Å². The number of carbonyl (C=O) groups is 1. The van der Waals surface area contributed by atoms with Crippen LogP contribution in [0.2, 0.25) is 0 Å². The maximum Gasteiger partial charge on any atom is 0.416 e. The Kier molecular flexibility index (Phi) is 8.95. The van der Waals surface area contributed by atoms with E-state index in [4.69, 9.17) is 9.47 Å². The van der Waals surface area contributed by atoms with E-state index in [1.165, 1.54) is 24.5 Å². The number of aromatic nitrogens is 2. The van der Waals surface area contributed by atoms with E-state index >= 15 is 0 Å². The van der Waals surface area contributed by atoms with Gasteiger partial charge in [-0.2, -0.15) is 13.2 Å². The number of hydrogen-bond acceptors (Lipinski definition) is 7. The Morgan fingerprint density at radius 1 is 1.18 bits per heavy atom. The highest BCUT2D eigenvalue weighted by atomic mass is 19.4. The number of fused-ring (bicyclic) bond motifs is 1. The average molecular weight is 481 g/mol. The SMILES string of the molecule is CCCCOC(=O)CCCOc1cnc(NC2CC(CC)Nc3ccc(C(F)(F)F)cc32)nc1. The van der Waals surface area contributed by atoms with Crippen molar-refractivity contribution in [3.63, 3.8) is 0 Å². The van der Waals surface area contributed by atoms with Gasteiger partial charge >= 0.3 is 12.1 Å². The number of halogens is 3. The number of hydrogen-bond donors (Lipinski definition) is 2. The zero-order valence-corrected chi connectivity index (χ0v) is 19.5. The summed E-state index contributed by atoms with van der Waals surface area (Å²) in [4.78, 5) is 20.1. The third-order valence-electron chi connectivity index (χ3n) is 5.61. The molecule has 2 heterocycles. The molecule has 0 bridgehead atoms. The van der Waals surface area contributed by atoms with Gasteiger partial charge in [-0.25, -0.2) is 9.97 Å². The molecule has 34 heavy (non-hydrogen) atoms. The Labute approximate surface area is 197 Å². The summed E-state index contributed by atoms with van der Waals surface area (Å²) in [5.41, 5.74) is 0.528. The molecule has 0 spiro atoms. The first kappa shape index (κ1) is 25.6. The highest BCUT2D eigenvalue weighted by molar-refractivity contribution is 5.69. The molecular formula is C24H31F3N4O3. The van der Waals surface area contributed by atoms with E-state index in [0.29, 0.717) is 49.0 Å². The Bertz CT molecular complexity index is 938. The summed E-state index contributed by atoms with van der Waals surface area (Å²) in [5.74, 6) is 0.507. The number of rotatable bonds is 11. The van der Waals surface area contributed by atoms with Gasteiger partial charge in [-0.05, 0) is 49.4 Å². The normalized spacial score (nSPS) is 17.4. The third-order valence-corrected chi connectivity index (χ3v) is 5.61. The lowest BCUT2D eigenvalue weighted by Crippen LogP contribution is -2.31. The molecule has 2 N–H and O–H groups in total. The highest BCUT2D eigenvalue weighted by Crippen LogP contribution is 2.39. The predicted octanol–water partition coefficient (Wildman–Crippen LogP) is 5.75. The van der Waals surface area contributed by atoms with Crippen LogP contribution >= 0.6 is 0 Å². The van der Waals surface area contributed by atoms with Gasteiger partial charge in [0.1, 0.15) is 0 Å². The van der Waals surface area contributed by atoms with Gasteiger partial charge in [0.25, 0.3) is 0 Å². The number of ether oxygens (including phenoxy) is 2. The Morgan fingerprint density at radius 3 is 2.62 bits per heavy atom. The smallest absolute Gasteiger partial charge is 0.416 e. The summed E-state index contributed by atoms with van der Waals surface area (Å²) >= 11 is 0. The number of benzene rings is 1. The van der Waals surface area contributed by atoms with E-state index in [9.17, 15) is 18.0 Å². The second-order valence-electron chi connectivity index (χ2n) is 8.25. The molecule has 0 saturated carbocycles. The molecule has 1 aromatic carbocycles. The quantitative estimate of drug-likeness (QED) is 0.313. The molecule has 10 heteroatoms. The topological polar surface area (TPSA) is 85.4 Å². The van der Waals surface area contributed by atoms with E-state index in [2.05, 4.69) is 20.6 Å². The zero-order valence-electron chi connectivity index (χ0n) is 19.5. The van der Waals surface area contributed by atoms with Crippen LogP contribution in [-0.4, -0.2) is 35.2 Å². The molecular weight excluding hydrogens is 449 g/mol. The summed E-state index contributed by atoms with van der Waals surface area (Å²) in [7, 11) is 0. The largest absolute Gasteiger partial charge is 0.490 e. The van der Waals surface area contributed by atoms with Crippen molar-refractivity contribution in [2.75, 3.05) is 23.8 Å². The molecule has 2 unspecified atom stereocenters. The Balaban J connectivity index is 1.57. The number of carbonyl (C=O) groups excluding carboxylic acids is 1. The maximum atomic E-state index is 13.2. The lowest BCUT2D eigenvalue weighted by molar-refractivity contribution is -0.144. The minimum atomic E-state index is -4.41. The van der Waals surface area contributed by atoms with Crippen LogP contribution in [-0.2, 0) is 15.7 Å². The van der Waals surface area contributed by atoms with E-state index in [1.54, 1.807) is 0 Å². The van der Waals surface area contributed by atoms with E-state index in [0.717, 1.165) is 25.3 Å². The van der Waals surface area contributed by atoms with E-state index in [1.807, 2.05) is 13.8 Å². The van der Waals surface area contributed by atoms with Crippen LogP contribution in [0.25, 0.3) is 0 Å². The fourth-order valence-corrected chi connectivity index (χ4v) is 3.68. The van der Waals surface area contributed by atoms with Crippen molar-refractivity contribution in [3.8, 4) is 5.75 Å². The van der Waals surface area contributed by atoms with Crippen LogP contribution in [0.3, 0.4) is 0 Å². The number of alkyl halides is 3. The van der Waals surface area contributed by atoms with E-state index in [-0.39, 0.29) is 24.5 Å². The molecule has 0 saturated heterocycles. The first-order valence-corrected chi connectivity index (χ1v) is 11.6. The second-order valence-corrected chi connectivity index (χ2v) is 8.25. The van der Waals surface area contributed by atoms with Crippen molar-refractivity contribution in [2.24, 2.45) is 0 Å². The molecule has 0 radical (unpaired) electrons. The lowest BCUT2D eigenvalue weighted by atomic mass is 9.90. The zero-order chi connectivity index (χ0) is 24.6. The van der Waals surface area contributed by atoms with Gasteiger partial charge < -0.3 is 20.1 Å². The molecule has 0 amide bonds. The van der Waals surface area contributed by atoms with Crippen molar-refractivity contribution in [1.82, 2.24) is 9.97 Å². The van der Waals surface area contributed by atoms with Crippen LogP contribution in [0.15, 0.2) is 30.6 Å². The summed E-state index contributed by atoms with van der Waals surface area (Å²) in [6.45, 7) is 4.81. The van der Waals surface area contributed by atoms with Crippen molar-refractivity contribution >= 4 is 17.6 Å². The van der Waals surface area contributed by atoms with Gasteiger partial charge in [0.05, 0.1) is 37.2 Å². The van der Waals surface area contributed by atoms with Gasteiger partial charge in [-0.1, -0.05) is 20.3 Å². The summed E-state index contributed by atoms with van der Waals surface area (Å²) in [6.07, 6.45) is 2.63. The average Bonchev–Trinajstić information content (AvgIpc) is 2.82. The van der Waals surface area contributed by atoms with E-state index < -0.39 is 11.7 Å². The first-order chi connectivity index (χ1) is 16.3. The molecule has 7 nitrogen and oxygen atoms in total. The molecule has 0 aliphatic carbocycles. The predicted molar refractivity (Wildman–Crippen MR) is 123 cm³/mol. The Morgan fingerprint density at radius 2 is 1.94 bits per heavy atom. The Hall–Kier alpha value is -3.04. The fraction of sp³-hybridized carbons (Fsp3) is 0.542. The molecule has 1 aliphatic heterocycles. The maximum absolute atomic E-state index is 13.2. The summed E-state index contributed by atoms with van der Waals surface area (Å²) in [5, 5.41) is 6.47. The number of esters is 1. The minimum absolute atomic E-state index is 0.123. The van der Waals surface area contributed by atoms with Gasteiger partial charge in [0.15, 0.2) is 5.75 Å². The molecule has 2 aromatic rings.